The van der Waals surface area contributed by atoms with Crippen LogP contribution in [0.25, 0.3) is 0 Å². The van der Waals surface area contributed by atoms with E-state index in [0.717, 1.165) is 38.7 Å². The van der Waals surface area contributed by atoms with Gasteiger partial charge in [-0.15, -0.1) is 11.3 Å². The smallest absolute Gasteiger partial charge is 0.206 e. The number of aromatic nitrogens is 1. The minimum atomic E-state index is 0.134. The number of thiazole rings is 1. The molecule has 0 radical (unpaired) electrons. The number of halogens is 1. The summed E-state index contributed by atoms with van der Waals surface area (Å²) >= 11 is 5.21. The normalized spacial score (nSPS) is 16.7. The molecule has 2 heterocycles. The van der Waals surface area contributed by atoms with Gasteiger partial charge in [-0.25, -0.2) is 9.99 Å². The SMILES string of the molecule is COc1ccc(C2=NN(c3nc(C)cs3)[C@@H](c3cccc(Br)c3)C2)cc1. The molecule has 26 heavy (non-hydrogen) atoms. The second kappa shape index (κ2) is 7.21. The fourth-order valence-electron chi connectivity index (χ4n) is 3.06. The fourth-order valence-corrected chi connectivity index (χ4v) is 4.28. The Morgan fingerprint density at radius 3 is 2.65 bits per heavy atom. The van der Waals surface area contributed by atoms with Crippen molar-refractivity contribution in [2.45, 2.75) is 19.4 Å². The molecule has 1 aliphatic heterocycles. The van der Waals surface area contributed by atoms with Crippen LogP contribution >= 0.6 is 27.3 Å². The van der Waals surface area contributed by atoms with Crippen molar-refractivity contribution >= 4 is 38.1 Å². The zero-order valence-corrected chi connectivity index (χ0v) is 16.9. The van der Waals surface area contributed by atoms with Crippen molar-refractivity contribution in [3.8, 4) is 5.75 Å². The third-order valence-electron chi connectivity index (χ3n) is 4.37. The Kier molecular flexibility index (Phi) is 4.78. The number of ether oxygens (including phenoxy) is 1. The molecule has 0 N–H and O–H groups in total. The maximum atomic E-state index is 5.26. The van der Waals surface area contributed by atoms with Crippen LogP contribution in [0.3, 0.4) is 0 Å². The van der Waals surface area contributed by atoms with E-state index in [1.807, 2.05) is 25.1 Å². The van der Waals surface area contributed by atoms with Gasteiger partial charge in [0.15, 0.2) is 0 Å². The summed E-state index contributed by atoms with van der Waals surface area (Å²) in [4.78, 5) is 4.65. The summed E-state index contributed by atoms with van der Waals surface area (Å²) in [6.45, 7) is 2.01. The predicted octanol–water partition coefficient (Wildman–Crippen LogP) is 5.58. The second-order valence-electron chi connectivity index (χ2n) is 6.17. The number of benzene rings is 2. The zero-order chi connectivity index (χ0) is 18.1. The molecule has 0 spiro atoms. The standard InChI is InChI=1S/C20H18BrN3OS/c1-13-12-26-20(22-13)24-19(15-4-3-5-16(21)10-15)11-18(23-24)14-6-8-17(25-2)9-7-14/h3-10,12,19H,11H2,1-2H3/t19-/m1/s1. The van der Waals surface area contributed by atoms with Gasteiger partial charge in [-0.1, -0.05) is 28.1 Å². The summed E-state index contributed by atoms with van der Waals surface area (Å²) in [5.74, 6) is 0.850. The molecule has 0 saturated carbocycles. The number of anilines is 1. The zero-order valence-electron chi connectivity index (χ0n) is 14.5. The Hall–Kier alpha value is -2.18. The first-order valence-electron chi connectivity index (χ1n) is 8.33. The summed E-state index contributed by atoms with van der Waals surface area (Å²) in [6, 6.07) is 16.6. The highest BCUT2D eigenvalue weighted by molar-refractivity contribution is 9.10. The van der Waals surface area contributed by atoms with Crippen LogP contribution < -0.4 is 9.75 Å². The monoisotopic (exact) mass is 427 g/mol. The molecule has 0 saturated heterocycles. The molecule has 1 atom stereocenters. The molecule has 0 bridgehead atoms. The molecule has 0 aliphatic carbocycles. The molecular weight excluding hydrogens is 410 g/mol. The van der Waals surface area contributed by atoms with Crippen LogP contribution in [0.2, 0.25) is 0 Å². The maximum Gasteiger partial charge on any atom is 0.206 e. The molecule has 3 aromatic rings. The third-order valence-corrected chi connectivity index (χ3v) is 5.81. The average Bonchev–Trinajstić information content (AvgIpc) is 3.28. The minimum Gasteiger partial charge on any atom is -0.497 e. The van der Waals surface area contributed by atoms with Crippen LogP contribution in [0, 0.1) is 6.92 Å². The first-order chi connectivity index (χ1) is 12.6. The largest absolute Gasteiger partial charge is 0.497 e. The van der Waals surface area contributed by atoms with Gasteiger partial charge in [0, 0.05) is 16.3 Å². The van der Waals surface area contributed by atoms with Crippen LogP contribution in [0.1, 0.15) is 29.3 Å². The molecule has 0 amide bonds. The molecule has 0 unspecified atom stereocenters. The van der Waals surface area contributed by atoms with Gasteiger partial charge < -0.3 is 4.74 Å². The van der Waals surface area contributed by atoms with E-state index in [1.54, 1.807) is 18.4 Å². The van der Waals surface area contributed by atoms with Gasteiger partial charge in [0.25, 0.3) is 0 Å². The highest BCUT2D eigenvalue weighted by Crippen LogP contribution is 2.38. The number of aryl methyl sites for hydroxylation is 1. The number of rotatable bonds is 4. The lowest BCUT2D eigenvalue weighted by molar-refractivity contribution is 0.415. The van der Waals surface area contributed by atoms with Gasteiger partial charge in [-0.05, 0) is 54.4 Å². The summed E-state index contributed by atoms with van der Waals surface area (Å²) in [7, 11) is 1.68. The quantitative estimate of drug-likeness (QED) is 0.545. The van der Waals surface area contributed by atoms with Crippen molar-refractivity contribution in [3.05, 3.63) is 75.2 Å². The van der Waals surface area contributed by atoms with Crippen LogP contribution in [0.15, 0.2) is 63.5 Å². The van der Waals surface area contributed by atoms with Crippen LogP contribution in [0.5, 0.6) is 5.75 Å². The second-order valence-corrected chi connectivity index (χ2v) is 7.92. The van der Waals surface area contributed by atoms with E-state index in [4.69, 9.17) is 9.84 Å². The van der Waals surface area contributed by atoms with Crippen molar-refractivity contribution in [1.82, 2.24) is 4.98 Å². The van der Waals surface area contributed by atoms with E-state index in [0.29, 0.717) is 0 Å². The highest BCUT2D eigenvalue weighted by atomic mass is 79.9. The lowest BCUT2D eigenvalue weighted by Gasteiger charge is -2.21. The van der Waals surface area contributed by atoms with E-state index >= 15 is 0 Å². The Morgan fingerprint density at radius 1 is 1.19 bits per heavy atom. The molecule has 4 nitrogen and oxygen atoms in total. The van der Waals surface area contributed by atoms with Crippen molar-refractivity contribution in [3.63, 3.8) is 0 Å². The fraction of sp³-hybridized carbons (Fsp3) is 0.200. The minimum absolute atomic E-state index is 0.134. The number of hydrogen-bond acceptors (Lipinski definition) is 5. The van der Waals surface area contributed by atoms with E-state index in [2.05, 4.69) is 61.6 Å². The van der Waals surface area contributed by atoms with E-state index in [1.165, 1.54) is 5.56 Å². The lowest BCUT2D eigenvalue weighted by atomic mass is 9.98. The molecule has 6 heteroatoms. The average molecular weight is 428 g/mol. The molecule has 132 valence electrons. The topological polar surface area (TPSA) is 37.7 Å². The van der Waals surface area contributed by atoms with Gasteiger partial charge in [0.05, 0.1) is 24.6 Å². The lowest BCUT2D eigenvalue weighted by Crippen LogP contribution is -2.18. The van der Waals surface area contributed by atoms with Gasteiger partial charge >= 0.3 is 0 Å². The number of methoxy groups -OCH3 is 1. The Labute approximate surface area is 165 Å². The summed E-state index contributed by atoms with van der Waals surface area (Å²) in [6.07, 6.45) is 0.835. The number of hydrogen-bond donors (Lipinski definition) is 0. The van der Waals surface area contributed by atoms with Gasteiger partial charge in [0.2, 0.25) is 5.13 Å². The van der Waals surface area contributed by atoms with E-state index < -0.39 is 0 Å². The Morgan fingerprint density at radius 2 is 2.00 bits per heavy atom. The predicted molar refractivity (Wildman–Crippen MR) is 110 cm³/mol. The van der Waals surface area contributed by atoms with Crippen molar-refractivity contribution in [2.75, 3.05) is 12.1 Å². The number of hydrazone groups is 1. The molecule has 2 aromatic carbocycles. The van der Waals surface area contributed by atoms with Gasteiger partial charge in [-0.3, -0.25) is 0 Å². The summed E-state index contributed by atoms with van der Waals surface area (Å²) in [5, 5.41) is 9.97. The van der Waals surface area contributed by atoms with E-state index in [-0.39, 0.29) is 6.04 Å². The third kappa shape index (κ3) is 3.39. The Bertz CT molecular complexity index is 952. The first kappa shape index (κ1) is 17.2. The van der Waals surface area contributed by atoms with Crippen molar-refractivity contribution in [2.24, 2.45) is 5.10 Å². The first-order valence-corrected chi connectivity index (χ1v) is 10.00. The van der Waals surface area contributed by atoms with Gasteiger partial charge in [-0.2, -0.15) is 5.10 Å². The van der Waals surface area contributed by atoms with Crippen molar-refractivity contribution < 1.29 is 4.74 Å². The Balaban J connectivity index is 1.72. The molecule has 1 aliphatic rings. The summed E-state index contributed by atoms with van der Waals surface area (Å²) in [5.41, 5.74) is 4.41. The summed E-state index contributed by atoms with van der Waals surface area (Å²) < 4.78 is 6.34. The number of nitrogens with zero attached hydrogens (tertiary/aromatic N) is 3. The molecule has 0 fully saturated rings. The van der Waals surface area contributed by atoms with E-state index in [9.17, 15) is 0 Å². The highest BCUT2D eigenvalue weighted by Gasteiger charge is 2.31. The van der Waals surface area contributed by atoms with Crippen LogP contribution in [-0.4, -0.2) is 17.8 Å². The molecule has 1 aromatic heterocycles. The maximum absolute atomic E-state index is 5.26. The molecule has 4 rings (SSSR count). The van der Waals surface area contributed by atoms with Crippen molar-refractivity contribution in [1.29, 1.82) is 0 Å². The van der Waals surface area contributed by atoms with Crippen LogP contribution in [0.4, 0.5) is 5.13 Å². The molecular formula is C20H18BrN3OS. The van der Waals surface area contributed by atoms with Gasteiger partial charge in [0.1, 0.15) is 5.75 Å². The van der Waals surface area contributed by atoms with Crippen LogP contribution in [-0.2, 0) is 0 Å².